The Bertz CT molecular complexity index is 1540. The number of aromatic amines is 2. The van der Waals surface area contributed by atoms with Crippen LogP contribution in [-0.4, -0.2) is 36.6 Å². The van der Waals surface area contributed by atoms with E-state index in [1.807, 2.05) is 19.3 Å². The summed E-state index contributed by atoms with van der Waals surface area (Å²) in [5.41, 5.74) is 4.36. The van der Waals surface area contributed by atoms with E-state index in [1.165, 1.54) is 0 Å². The Kier molecular flexibility index (Phi) is 7.46. The number of aliphatic hydroxyl groups is 1. The summed E-state index contributed by atoms with van der Waals surface area (Å²) < 4.78 is 0. The van der Waals surface area contributed by atoms with Crippen molar-refractivity contribution in [2.24, 2.45) is 16.2 Å². The van der Waals surface area contributed by atoms with Crippen LogP contribution in [0.4, 0.5) is 0 Å². The first-order valence-electron chi connectivity index (χ1n) is 14.9. The van der Waals surface area contributed by atoms with E-state index in [9.17, 15) is 9.90 Å². The zero-order chi connectivity index (χ0) is 30.5. The Morgan fingerprint density at radius 2 is 1.31 bits per heavy atom. The lowest BCUT2D eigenvalue weighted by atomic mass is 9.83. The van der Waals surface area contributed by atoms with E-state index in [2.05, 4.69) is 115 Å². The third-order valence-corrected chi connectivity index (χ3v) is 8.68. The maximum atomic E-state index is 13.2. The maximum Gasteiger partial charge on any atom is 0.252 e. The summed E-state index contributed by atoms with van der Waals surface area (Å²) in [5, 5.41) is 14.1. The Balaban J connectivity index is 1.29. The van der Waals surface area contributed by atoms with Gasteiger partial charge in [-0.3, -0.25) is 4.79 Å². The van der Waals surface area contributed by atoms with E-state index in [0.29, 0.717) is 5.82 Å². The zero-order valence-corrected chi connectivity index (χ0v) is 26.2. The fraction of sp³-hybridized carbons (Fsp3) is 0.457. The highest BCUT2D eigenvalue weighted by atomic mass is 16.3. The molecule has 1 aliphatic rings. The van der Waals surface area contributed by atoms with Gasteiger partial charge in [-0.1, -0.05) is 97.0 Å². The second kappa shape index (κ2) is 10.5. The van der Waals surface area contributed by atoms with E-state index in [4.69, 9.17) is 0 Å². The van der Waals surface area contributed by atoms with Crippen LogP contribution in [0.3, 0.4) is 0 Å². The third kappa shape index (κ3) is 6.21. The van der Waals surface area contributed by atoms with Crippen LogP contribution >= 0.6 is 0 Å². The summed E-state index contributed by atoms with van der Waals surface area (Å²) in [6.07, 6.45) is 6.32. The SMILES string of the molecule is CC(C)(C)Cc1ncc(-c2ccc(-c3ccc(-c4cnc(C(NC(=O)C(C)(O)C5(C)CC5)C(C)(C)C)[nH]4)cc3)cc2)[nH]1. The number of aromatic nitrogens is 4. The first-order valence-corrected chi connectivity index (χ1v) is 14.9. The average molecular weight is 568 g/mol. The van der Waals surface area contributed by atoms with Crippen molar-refractivity contribution >= 4 is 5.91 Å². The summed E-state index contributed by atoms with van der Waals surface area (Å²) in [6.45, 7) is 16.4. The van der Waals surface area contributed by atoms with Gasteiger partial charge in [-0.2, -0.15) is 0 Å². The molecule has 1 fully saturated rings. The van der Waals surface area contributed by atoms with E-state index < -0.39 is 5.60 Å². The van der Waals surface area contributed by atoms with Crippen LogP contribution in [0.2, 0.25) is 0 Å². The summed E-state index contributed by atoms with van der Waals surface area (Å²) in [7, 11) is 0. The Morgan fingerprint density at radius 1 is 0.833 bits per heavy atom. The molecule has 2 unspecified atom stereocenters. The van der Waals surface area contributed by atoms with Gasteiger partial charge in [0, 0.05) is 11.8 Å². The minimum atomic E-state index is -1.42. The number of H-pyrrole nitrogens is 2. The molecule has 0 radical (unpaired) electrons. The van der Waals surface area contributed by atoms with Crippen LogP contribution in [0.15, 0.2) is 60.9 Å². The third-order valence-electron chi connectivity index (χ3n) is 8.68. The minimum Gasteiger partial charge on any atom is -0.380 e. The standard InChI is InChI=1S/C35H45N5O2/c1-32(2,3)19-28-36-20-26(38-28)24-13-9-22(10-14-24)23-11-15-25(16-12-23)27-21-37-30(39-27)29(33(4,5)6)40-31(41)35(8,42)34(7)17-18-34/h9-16,20-21,29,42H,17-19H2,1-8H3,(H,36,38)(H,37,39)(H,40,41). The predicted octanol–water partition coefficient (Wildman–Crippen LogP) is 7.48. The van der Waals surface area contributed by atoms with Crippen LogP contribution in [0.1, 0.15) is 85.9 Å². The molecular weight excluding hydrogens is 522 g/mol. The first-order chi connectivity index (χ1) is 19.6. The van der Waals surface area contributed by atoms with Crippen molar-refractivity contribution in [3.05, 3.63) is 72.6 Å². The molecule has 42 heavy (non-hydrogen) atoms. The largest absolute Gasteiger partial charge is 0.380 e. The van der Waals surface area contributed by atoms with Crippen molar-refractivity contribution in [2.45, 2.75) is 86.3 Å². The van der Waals surface area contributed by atoms with Crippen LogP contribution in [-0.2, 0) is 11.2 Å². The van der Waals surface area contributed by atoms with Crippen molar-refractivity contribution in [3.8, 4) is 33.6 Å². The lowest BCUT2D eigenvalue weighted by molar-refractivity contribution is -0.146. The van der Waals surface area contributed by atoms with Crippen LogP contribution in [0.25, 0.3) is 33.6 Å². The molecule has 0 saturated heterocycles. The van der Waals surface area contributed by atoms with Crippen molar-refractivity contribution in [3.63, 3.8) is 0 Å². The number of hydrogen-bond acceptors (Lipinski definition) is 4. The molecule has 2 heterocycles. The Hall–Kier alpha value is -3.71. The number of nitrogens with zero attached hydrogens (tertiary/aromatic N) is 2. The van der Waals surface area contributed by atoms with Crippen LogP contribution in [0, 0.1) is 16.2 Å². The maximum absolute atomic E-state index is 13.2. The number of hydrogen-bond donors (Lipinski definition) is 4. The number of imidazole rings is 2. The molecule has 4 aromatic rings. The summed E-state index contributed by atoms with van der Waals surface area (Å²) in [5.74, 6) is 1.33. The molecule has 2 aromatic heterocycles. The molecule has 1 aliphatic carbocycles. The summed E-state index contributed by atoms with van der Waals surface area (Å²) in [4.78, 5) is 29.3. The molecule has 2 atom stereocenters. The molecule has 222 valence electrons. The lowest BCUT2D eigenvalue weighted by Gasteiger charge is -2.35. The number of nitrogens with one attached hydrogen (secondary N) is 3. The van der Waals surface area contributed by atoms with Gasteiger partial charge in [0.2, 0.25) is 0 Å². The zero-order valence-electron chi connectivity index (χ0n) is 26.2. The fourth-order valence-corrected chi connectivity index (χ4v) is 5.33. The second-order valence-electron chi connectivity index (χ2n) is 14.7. The number of carbonyl (C=O) groups is 1. The van der Waals surface area contributed by atoms with Gasteiger partial charge in [0.1, 0.15) is 17.2 Å². The van der Waals surface area contributed by atoms with Gasteiger partial charge in [-0.15, -0.1) is 0 Å². The van der Waals surface area contributed by atoms with Gasteiger partial charge in [0.25, 0.3) is 5.91 Å². The Labute approximate surface area is 249 Å². The molecular formula is C35H45N5O2. The van der Waals surface area contributed by atoms with Gasteiger partial charge in [0.05, 0.1) is 29.8 Å². The summed E-state index contributed by atoms with van der Waals surface area (Å²) >= 11 is 0. The molecule has 5 rings (SSSR count). The van der Waals surface area contributed by atoms with Gasteiger partial charge in [0.15, 0.2) is 0 Å². The second-order valence-corrected chi connectivity index (χ2v) is 14.7. The van der Waals surface area contributed by atoms with Crippen LogP contribution in [0.5, 0.6) is 0 Å². The molecule has 2 aromatic carbocycles. The highest BCUT2D eigenvalue weighted by Gasteiger charge is 2.57. The molecule has 7 heteroatoms. The molecule has 0 aliphatic heterocycles. The van der Waals surface area contributed by atoms with Crippen molar-refractivity contribution in [2.75, 3.05) is 0 Å². The normalized spacial score (nSPS) is 17.0. The molecule has 1 saturated carbocycles. The van der Waals surface area contributed by atoms with Crippen LogP contribution < -0.4 is 5.32 Å². The molecule has 0 bridgehead atoms. The van der Waals surface area contributed by atoms with Gasteiger partial charge in [-0.25, -0.2) is 9.97 Å². The van der Waals surface area contributed by atoms with E-state index in [1.54, 1.807) is 6.92 Å². The molecule has 4 N–H and O–H groups in total. The van der Waals surface area contributed by atoms with Crippen molar-refractivity contribution < 1.29 is 9.90 Å². The van der Waals surface area contributed by atoms with Crippen molar-refractivity contribution in [1.29, 1.82) is 0 Å². The number of amides is 1. The lowest BCUT2D eigenvalue weighted by Crippen LogP contribution is -2.52. The molecule has 1 amide bonds. The number of benzene rings is 2. The highest BCUT2D eigenvalue weighted by Crippen LogP contribution is 2.54. The topological polar surface area (TPSA) is 107 Å². The highest BCUT2D eigenvalue weighted by molar-refractivity contribution is 5.86. The quantitative estimate of drug-likeness (QED) is 0.177. The van der Waals surface area contributed by atoms with E-state index in [0.717, 1.165) is 58.7 Å². The van der Waals surface area contributed by atoms with Gasteiger partial charge in [-0.05, 0) is 52.8 Å². The van der Waals surface area contributed by atoms with Gasteiger partial charge >= 0.3 is 0 Å². The Morgan fingerprint density at radius 3 is 1.79 bits per heavy atom. The van der Waals surface area contributed by atoms with E-state index >= 15 is 0 Å². The average Bonchev–Trinajstić information content (AvgIpc) is 3.30. The molecule has 0 spiro atoms. The monoisotopic (exact) mass is 567 g/mol. The summed E-state index contributed by atoms with van der Waals surface area (Å²) in [6, 6.07) is 16.5. The minimum absolute atomic E-state index is 0.184. The fourth-order valence-electron chi connectivity index (χ4n) is 5.33. The number of carbonyl (C=O) groups excluding carboxylic acids is 1. The van der Waals surface area contributed by atoms with Crippen molar-refractivity contribution in [1.82, 2.24) is 25.3 Å². The molecule has 7 nitrogen and oxygen atoms in total. The number of rotatable bonds is 8. The van der Waals surface area contributed by atoms with Gasteiger partial charge < -0.3 is 20.4 Å². The predicted molar refractivity (Wildman–Crippen MR) is 169 cm³/mol. The van der Waals surface area contributed by atoms with E-state index in [-0.39, 0.29) is 28.2 Å². The smallest absolute Gasteiger partial charge is 0.252 e. The first kappa shape index (κ1) is 29.8.